The van der Waals surface area contributed by atoms with Crippen LogP contribution in [-0.4, -0.2) is 48.5 Å². The highest BCUT2D eigenvalue weighted by Crippen LogP contribution is 2.30. The minimum atomic E-state index is -0.874. The standard InChI is InChI=1S/C16H26N4O2S/c1-16(2)12-19(10-11-23(16)22)15(21)18-14-8-9-17-20(14)13-6-4-3-5-7-13/h8-9,13H,3-7,10-12H2,1-2H3,(H,18,21)/t23-/m1/s1. The normalized spacial score (nSPS) is 25.3. The van der Waals surface area contributed by atoms with E-state index in [0.29, 0.717) is 24.9 Å². The van der Waals surface area contributed by atoms with Gasteiger partial charge in [-0.3, -0.25) is 9.53 Å². The van der Waals surface area contributed by atoms with Crippen LogP contribution in [0.25, 0.3) is 0 Å². The summed E-state index contributed by atoms with van der Waals surface area (Å²) in [7, 11) is -0.874. The summed E-state index contributed by atoms with van der Waals surface area (Å²) in [5, 5.41) is 7.41. The zero-order chi connectivity index (χ0) is 16.4. The molecule has 128 valence electrons. The summed E-state index contributed by atoms with van der Waals surface area (Å²) >= 11 is 0. The maximum Gasteiger partial charge on any atom is 0.323 e. The molecule has 0 spiro atoms. The van der Waals surface area contributed by atoms with E-state index in [4.69, 9.17) is 0 Å². The summed E-state index contributed by atoms with van der Waals surface area (Å²) in [6.07, 6.45) is 7.74. The van der Waals surface area contributed by atoms with E-state index in [1.54, 1.807) is 11.1 Å². The number of carbonyl (C=O) groups is 1. The summed E-state index contributed by atoms with van der Waals surface area (Å²) in [4.78, 5) is 14.3. The molecule has 1 aromatic heterocycles. The van der Waals surface area contributed by atoms with Gasteiger partial charge in [0.1, 0.15) is 5.82 Å². The van der Waals surface area contributed by atoms with E-state index in [9.17, 15) is 9.00 Å². The van der Waals surface area contributed by atoms with Gasteiger partial charge < -0.3 is 4.90 Å². The number of carbonyl (C=O) groups excluding carboxylic acids is 1. The molecular formula is C16H26N4O2S. The fourth-order valence-electron chi connectivity index (χ4n) is 3.47. The number of anilines is 1. The Morgan fingerprint density at radius 3 is 2.78 bits per heavy atom. The van der Waals surface area contributed by atoms with Gasteiger partial charge in [0.25, 0.3) is 0 Å². The second-order valence-corrected chi connectivity index (χ2v) is 9.32. The molecule has 1 N–H and O–H groups in total. The molecular weight excluding hydrogens is 312 g/mol. The Bertz CT molecular complexity index is 593. The molecule has 0 radical (unpaired) electrons. The first-order valence-electron chi connectivity index (χ1n) is 8.45. The summed E-state index contributed by atoms with van der Waals surface area (Å²) < 4.78 is 13.6. The highest BCUT2D eigenvalue weighted by atomic mass is 32.2. The fourth-order valence-corrected chi connectivity index (χ4v) is 4.71. The Labute approximate surface area is 140 Å². The van der Waals surface area contributed by atoms with Crippen LogP contribution in [0, 0.1) is 0 Å². The molecule has 6 nitrogen and oxygen atoms in total. The Balaban J connectivity index is 1.67. The molecule has 7 heteroatoms. The van der Waals surface area contributed by atoms with Crippen molar-refractivity contribution in [3.05, 3.63) is 12.3 Å². The predicted molar refractivity (Wildman–Crippen MR) is 92.0 cm³/mol. The van der Waals surface area contributed by atoms with E-state index < -0.39 is 10.8 Å². The Morgan fingerprint density at radius 2 is 2.09 bits per heavy atom. The van der Waals surface area contributed by atoms with Crippen molar-refractivity contribution in [3.8, 4) is 0 Å². The first-order valence-corrected chi connectivity index (χ1v) is 9.77. The van der Waals surface area contributed by atoms with Crippen molar-refractivity contribution in [1.29, 1.82) is 0 Å². The second kappa shape index (κ2) is 6.63. The van der Waals surface area contributed by atoms with Gasteiger partial charge in [-0.15, -0.1) is 0 Å². The van der Waals surface area contributed by atoms with E-state index in [0.717, 1.165) is 18.7 Å². The van der Waals surface area contributed by atoms with Crippen molar-refractivity contribution in [1.82, 2.24) is 14.7 Å². The SMILES string of the molecule is CC1(C)CN(C(=O)Nc2ccnn2C2CCCCC2)CC[S@]1=O. The molecule has 1 atom stereocenters. The van der Waals surface area contributed by atoms with Crippen molar-refractivity contribution in [2.75, 3.05) is 24.2 Å². The third kappa shape index (κ3) is 3.59. The molecule has 2 aliphatic rings. The van der Waals surface area contributed by atoms with Gasteiger partial charge in [-0.05, 0) is 26.7 Å². The molecule has 1 saturated heterocycles. The summed E-state index contributed by atoms with van der Waals surface area (Å²) in [5.74, 6) is 1.31. The molecule has 0 aromatic carbocycles. The fraction of sp³-hybridized carbons (Fsp3) is 0.750. The summed E-state index contributed by atoms with van der Waals surface area (Å²) in [6, 6.07) is 2.13. The van der Waals surface area contributed by atoms with Crippen molar-refractivity contribution in [3.63, 3.8) is 0 Å². The molecule has 3 rings (SSSR count). The van der Waals surface area contributed by atoms with Gasteiger partial charge in [0.2, 0.25) is 0 Å². The lowest BCUT2D eigenvalue weighted by Gasteiger charge is -2.37. The van der Waals surface area contributed by atoms with Crippen LogP contribution in [0.3, 0.4) is 0 Å². The van der Waals surface area contributed by atoms with Gasteiger partial charge in [-0.25, -0.2) is 9.48 Å². The number of urea groups is 1. The van der Waals surface area contributed by atoms with Crippen LogP contribution >= 0.6 is 0 Å². The van der Waals surface area contributed by atoms with Crippen LogP contribution in [0.5, 0.6) is 0 Å². The molecule has 2 heterocycles. The minimum absolute atomic E-state index is 0.118. The highest BCUT2D eigenvalue weighted by Gasteiger charge is 2.35. The first kappa shape index (κ1) is 16.5. The van der Waals surface area contributed by atoms with E-state index in [1.165, 1.54) is 19.3 Å². The Kier molecular flexibility index (Phi) is 4.75. The van der Waals surface area contributed by atoms with Crippen LogP contribution in [0.4, 0.5) is 10.6 Å². The average Bonchev–Trinajstić information content (AvgIpc) is 2.99. The van der Waals surface area contributed by atoms with Gasteiger partial charge >= 0.3 is 6.03 Å². The lowest BCUT2D eigenvalue weighted by Crippen LogP contribution is -2.53. The smallest absolute Gasteiger partial charge is 0.322 e. The van der Waals surface area contributed by atoms with Crippen LogP contribution in [0.1, 0.15) is 52.0 Å². The lowest BCUT2D eigenvalue weighted by molar-refractivity contribution is 0.207. The van der Waals surface area contributed by atoms with Gasteiger partial charge in [0.15, 0.2) is 0 Å². The predicted octanol–water partition coefficient (Wildman–Crippen LogP) is 2.76. The quantitative estimate of drug-likeness (QED) is 0.901. The van der Waals surface area contributed by atoms with E-state index in [1.807, 2.05) is 24.6 Å². The Morgan fingerprint density at radius 1 is 1.35 bits per heavy atom. The maximum absolute atomic E-state index is 12.6. The number of amides is 2. The van der Waals surface area contributed by atoms with E-state index in [-0.39, 0.29) is 10.8 Å². The number of nitrogens with one attached hydrogen (secondary N) is 1. The number of hydrogen-bond acceptors (Lipinski definition) is 3. The second-order valence-electron chi connectivity index (χ2n) is 7.11. The third-order valence-corrected chi connectivity index (χ3v) is 6.76. The summed E-state index contributed by atoms with van der Waals surface area (Å²) in [6.45, 7) is 4.96. The largest absolute Gasteiger partial charge is 0.323 e. The number of nitrogens with zero attached hydrogens (tertiary/aromatic N) is 3. The van der Waals surface area contributed by atoms with Crippen molar-refractivity contribution >= 4 is 22.6 Å². The molecule has 0 unspecified atom stereocenters. The van der Waals surface area contributed by atoms with E-state index >= 15 is 0 Å². The van der Waals surface area contributed by atoms with Gasteiger partial charge in [0.05, 0.1) is 17.0 Å². The van der Waals surface area contributed by atoms with Crippen LogP contribution in [-0.2, 0) is 10.8 Å². The van der Waals surface area contributed by atoms with Crippen LogP contribution in [0.2, 0.25) is 0 Å². The molecule has 23 heavy (non-hydrogen) atoms. The van der Waals surface area contributed by atoms with Gasteiger partial charge in [-0.1, -0.05) is 19.3 Å². The highest BCUT2D eigenvalue weighted by molar-refractivity contribution is 7.86. The number of aromatic nitrogens is 2. The molecule has 1 aromatic rings. The molecule has 1 saturated carbocycles. The van der Waals surface area contributed by atoms with Crippen molar-refractivity contribution in [2.45, 2.75) is 56.7 Å². The van der Waals surface area contributed by atoms with E-state index in [2.05, 4.69) is 10.4 Å². The van der Waals surface area contributed by atoms with Crippen LogP contribution < -0.4 is 5.32 Å². The zero-order valence-corrected chi connectivity index (χ0v) is 14.8. The number of hydrogen-bond donors (Lipinski definition) is 1. The third-order valence-electron chi connectivity index (χ3n) is 4.85. The van der Waals surface area contributed by atoms with Gasteiger partial charge in [-0.2, -0.15) is 5.10 Å². The molecule has 1 aliphatic carbocycles. The molecule has 0 bridgehead atoms. The zero-order valence-electron chi connectivity index (χ0n) is 14.0. The lowest BCUT2D eigenvalue weighted by atomic mass is 9.96. The monoisotopic (exact) mass is 338 g/mol. The average molecular weight is 338 g/mol. The van der Waals surface area contributed by atoms with Crippen LogP contribution in [0.15, 0.2) is 12.3 Å². The topological polar surface area (TPSA) is 67.2 Å². The first-order chi connectivity index (χ1) is 11.0. The maximum atomic E-state index is 12.6. The molecule has 2 fully saturated rings. The molecule has 2 amide bonds. The van der Waals surface area contributed by atoms with Crippen molar-refractivity contribution in [2.24, 2.45) is 0 Å². The Hall–Kier alpha value is -1.37. The van der Waals surface area contributed by atoms with Crippen molar-refractivity contribution < 1.29 is 9.00 Å². The summed E-state index contributed by atoms with van der Waals surface area (Å²) in [5.41, 5.74) is 0. The molecule has 1 aliphatic heterocycles. The minimum Gasteiger partial charge on any atom is -0.322 e. The van der Waals surface area contributed by atoms with Gasteiger partial charge in [0, 0.05) is 35.7 Å². The number of rotatable bonds is 2.